The zero-order valence-electron chi connectivity index (χ0n) is 14.1. The lowest BCUT2D eigenvalue weighted by Crippen LogP contribution is -2.09. The van der Waals surface area contributed by atoms with E-state index in [9.17, 15) is 18.0 Å². The van der Waals surface area contributed by atoms with Crippen LogP contribution < -0.4 is 0 Å². The number of aromatic nitrogens is 1. The van der Waals surface area contributed by atoms with Crippen LogP contribution in [0.25, 0.3) is 11.3 Å². The van der Waals surface area contributed by atoms with Gasteiger partial charge in [-0.3, -0.25) is 0 Å². The number of nitrogens with zero attached hydrogens (tertiary/aromatic N) is 1. The smallest absolute Gasteiger partial charge is 0.416 e. The van der Waals surface area contributed by atoms with Crippen molar-refractivity contribution in [3.63, 3.8) is 0 Å². The highest BCUT2D eigenvalue weighted by atomic mass is 35.5. The number of pyridine rings is 1. The maximum atomic E-state index is 12.8. The highest BCUT2D eigenvalue weighted by Crippen LogP contribution is 2.35. The second-order valence-electron chi connectivity index (χ2n) is 5.78. The number of carbonyl (C=O) groups is 1. The van der Waals surface area contributed by atoms with Gasteiger partial charge in [-0.1, -0.05) is 59.6 Å². The number of hydrogen-bond acceptors (Lipinski definition) is 3. The van der Waals surface area contributed by atoms with Crippen LogP contribution in [0.4, 0.5) is 13.2 Å². The fourth-order valence-electron chi connectivity index (χ4n) is 2.43. The Morgan fingerprint density at radius 1 is 0.964 bits per heavy atom. The number of halogens is 5. The molecule has 0 aliphatic carbocycles. The zero-order chi connectivity index (χ0) is 20.3. The summed E-state index contributed by atoms with van der Waals surface area (Å²) in [4.78, 5) is 16.5. The maximum absolute atomic E-state index is 12.8. The minimum atomic E-state index is -4.51. The molecule has 0 spiro atoms. The predicted octanol–water partition coefficient (Wildman–Crippen LogP) is 6.43. The summed E-state index contributed by atoms with van der Waals surface area (Å²) in [6.07, 6.45) is -4.51. The van der Waals surface area contributed by atoms with Crippen molar-refractivity contribution in [3.05, 3.63) is 87.5 Å². The molecule has 0 unspecified atom stereocenters. The number of ether oxygens (including phenoxy) is 1. The molecule has 3 aromatic rings. The van der Waals surface area contributed by atoms with Gasteiger partial charge >= 0.3 is 12.1 Å². The monoisotopic (exact) mass is 425 g/mol. The van der Waals surface area contributed by atoms with Gasteiger partial charge in [-0.2, -0.15) is 13.2 Å². The third kappa shape index (κ3) is 4.64. The van der Waals surface area contributed by atoms with Crippen molar-refractivity contribution in [1.82, 2.24) is 4.98 Å². The Balaban J connectivity index is 1.86. The molecule has 0 radical (unpaired) electrons. The Bertz CT molecular complexity index is 1010. The molecule has 0 amide bonds. The molecule has 8 heteroatoms. The lowest BCUT2D eigenvalue weighted by molar-refractivity contribution is -0.137. The van der Waals surface area contributed by atoms with Crippen LogP contribution in [0, 0.1) is 0 Å². The van der Waals surface area contributed by atoms with Crippen LogP contribution in [0.5, 0.6) is 0 Å². The molecule has 0 aliphatic heterocycles. The van der Waals surface area contributed by atoms with Crippen LogP contribution in [0.1, 0.15) is 21.6 Å². The maximum Gasteiger partial charge on any atom is 0.416 e. The molecule has 3 rings (SSSR count). The lowest BCUT2D eigenvalue weighted by Gasteiger charge is -2.11. The second-order valence-corrected chi connectivity index (χ2v) is 6.60. The van der Waals surface area contributed by atoms with Crippen molar-refractivity contribution in [2.24, 2.45) is 0 Å². The Hall–Kier alpha value is -2.57. The van der Waals surface area contributed by atoms with Gasteiger partial charge in [0.15, 0.2) is 5.69 Å². The third-order valence-electron chi connectivity index (χ3n) is 3.82. The molecule has 0 saturated carbocycles. The van der Waals surface area contributed by atoms with Crippen LogP contribution in [0.3, 0.4) is 0 Å². The Labute approximate surface area is 168 Å². The predicted molar refractivity (Wildman–Crippen MR) is 100 cm³/mol. The highest BCUT2D eigenvalue weighted by molar-refractivity contribution is 6.34. The largest absolute Gasteiger partial charge is 0.456 e. The van der Waals surface area contributed by atoms with E-state index >= 15 is 0 Å². The van der Waals surface area contributed by atoms with E-state index in [0.29, 0.717) is 0 Å². The minimum absolute atomic E-state index is 0.0307. The van der Waals surface area contributed by atoms with E-state index in [1.807, 2.05) is 18.2 Å². The van der Waals surface area contributed by atoms with Crippen molar-refractivity contribution < 1.29 is 22.7 Å². The summed E-state index contributed by atoms with van der Waals surface area (Å²) in [7, 11) is 0. The number of alkyl halides is 3. The van der Waals surface area contributed by atoms with Crippen LogP contribution in [-0.4, -0.2) is 11.0 Å². The van der Waals surface area contributed by atoms with Gasteiger partial charge in [-0.15, -0.1) is 0 Å². The number of esters is 1. The van der Waals surface area contributed by atoms with Gasteiger partial charge in [-0.05, 0) is 29.8 Å². The summed E-state index contributed by atoms with van der Waals surface area (Å²) in [6, 6.07) is 14.8. The summed E-state index contributed by atoms with van der Waals surface area (Å²) in [6.45, 7) is 0.0307. The van der Waals surface area contributed by atoms with Gasteiger partial charge in [-0.25, -0.2) is 9.78 Å². The molecule has 0 saturated heterocycles. The van der Waals surface area contributed by atoms with E-state index in [2.05, 4.69) is 4.98 Å². The van der Waals surface area contributed by atoms with Gasteiger partial charge in [0, 0.05) is 5.56 Å². The van der Waals surface area contributed by atoms with Gasteiger partial charge in [0.05, 0.1) is 21.3 Å². The third-order valence-corrected chi connectivity index (χ3v) is 4.44. The molecule has 0 fully saturated rings. The SMILES string of the molecule is O=C(OCc1ccccc1)c1nc(-c2ccc(C(F)(F)F)cc2Cl)ccc1Cl. The minimum Gasteiger partial charge on any atom is -0.456 e. The van der Waals surface area contributed by atoms with Gasteiger partial charge in [0.2, 0.25) is 0 Å². The van der Waals surface area contributed by atoms with Gasteiger partial charge < -0.3 is 4.74 Å². The van der Waals surface area contributed by atoms with Crippen molar-refractivity contribution in [1.29, 1.82) is 0 Å². The Kier molecular flexibility index (Phi) is 5.91. The van der Waals surface area contributed by atoms with Crippen molar-refractivity contribution in [2.45, 2.75) is 12.8 Å². The number of carbonyl (C=O) groups excluding carboxylic acids is 1. The fourth-order valence-corrected chi connectivity index (χ4v) is 2.89. The van der Waals surface area contributed by atoms with Crippen LogP contribution in [0.2, 0.25) is 10.0 Å². The van der Waals surface area contributed by atoms with E-state index < -0.39 is 17.7 Å². The summed E-state index contributed by atoms with van der Waals surface area (Å²) >= 11 is 12.0. The van der Waals surface area contributed by atoms with E-state index in [0.717, 1.165) is 17.7 Å². The zero-order valence-corrected chi connectivity index (χ0v) is 15.6. The molecular weight excluding hydrogens is 414 g/mol. The first-order valence-electron chi connectivity index (χ1n) is 8.00. The first-order valence-corrected chi connectivity index (χ1v) is 8.76. The summed E-state index contributed by atoms with van der Waals surface area (Å²) in [5, 5.41) is -0.0851. The fraction of sp³-hybridized carbons (Fsp3) is 0.100. The van der Waals surface area contributed by atoms with Gasteiger partial charge in [0.25, 0.3) is 0 Å². The first-order chi connectivity index (χ1) is 13.3. The molecule has 1 aromatic heterocycles. The van der Waals surface area contributed by atoms with Crippen LogP contribution in [0.15, 0.2) is 60.7 Å². The van der Waals surface area contributed by atoms with Crippen molar-refractivity contribution in [2.75, 3.05) is 0 Å². The number of rotatable bonds is 4. The molecule has 1 heterocycles. The highest BCUT2D eigenvalue weighted by Gasteiger charge is 2.31. The van der Waals surface area contributed by atoms with E-state index in [4.69, 9.17) is 27.9 Å². The first kappa shape index (κ1) is 20.2. The molecular formula is C20H12Cl2F3NO2. The second kappa shape index (κ2) is 8.20. The van der Waals surface area contributed by atoms with E-state index in [1.165, 1.54) is 18.2 Å². The van der Waals surface area contributed by atoms with Crippen molar-refractivity contribution in [3.8, 4) is 11.3 Å². The molecule has 0 N–H and O–H groups in total. The van der Waals surface area contributed by atoms with E-state index in [1.54, 1.807) is 12.1 Å². The van der Waals surface area contributed by atoms with E-state index in [-0.39, 0.29) is 33.6 Å². The Morgan fingerprint density at radius 3 is 2.32 bits per heavy atom. The molecule has 28 heavy (non-hydrogen) atoms. The molecule has 2 aromatic carbocycles. The number of benzene rings is 2. The molecule has 0 bridgehead atoms. The normalized spacial score (nSPS) is 11.3. The Morgan fingerprint density at radius 2 is 1.68 bits per heavy atom. The average Bonchev–Trinajstić information content (AvgIpc) is 2.67. The van der Waals surface area contributed by atoms with Crippen LogP contribution >= 0.6 is 23.2 Å². The molecule has 3 nitrogen and oxygen atoms in total. The summed E-state index contributed by atoms with van der Waals surface area (Å²) in [5.41, 5.74) is 0.205. The molecule has 0 aliphatic rings. The quantitative estimate of drug-likeness (QED) is 0.452. The van der Waals surface area contributed by atoms with Crippen molar-refractivity contribution >= 4 is 29.2 Å². The standard InChI is InChI=1S/C20H12Cl2F3NO2/c21-15-8-9-17(14-7-6-13(10-16(14)22)20(23,24)25)26-18(15)19(27)28-11-12-4-2-1-3-5-12/h1-10H,11H2. The average molecular weight is 426 g/mol. The molecule has 144 valence electrons. The number of hydrogen-bond donors (Lipinski definition) is 0. The summed E-state index contributed by atoms with van der Waals surface area (Å²) < 4.78 is 43.6. The topological polar surface area (TPSA) is 39.2 Å². The van der Waals surface area contributed by atoms with Gasteiger partial charge in [0.1, 0.15) is 6.61 Å². The molecule has 0 atom stereocenters. The van der Waals surface area contributed by atoms with Crippen LogP contribution in [-0.2, 0) is 17.5 Å². The lowest BCUT2D eigenvalue weighted by atomic mass is 10.1. The summed E-state index contributed by atoms with van der Waals surface area (Å²) in [5.74, 6) is -0.751.